The summed E-state index contributed by atoms with van der Waals surface area (Å²) in [4.78, 5) is 11.9. The van der Waals surface area contributed by atoms with E-state index < -0.39 is 0 Å². The minimum Gasteiger partial charge on any atom is -0.392 e. The van der Waals surface area contributed by atoms with Crippen LogP contribution in [0.15, 0.2) is 23.3 Å². The zero-order valence-electron chi connectivity index (χ0n) is 14.6. The third-order valence-electron chi connectivity index (χ3n) is 7.48. The summed E-state index contributed by atoms with van der Waals surface area (Å²) < 4.78 is 0. The fourth-order valence-electron chi connectivity index (χ4n) is 6.33. The van der Waals surface area contributed by atoms with Crippen molar-refractivity contribution in [2.24, 2.45) is 29.1 Å². The van der Waals surface area contributed by atoms with Crippen molar-refractivity contribution in [3.8, 4) is 0 Å². The van der Waals surface area contributed by atoms with Crippen molar-refractivity contribution in [3.63, 3.8) is 0 Å². The van der Waals surface area contributed by atoms with Crippen molar-refractivity contribution in [3.05, 3.63) is 23.3 Å². The second kappa shape index (κ2) is 5.58. The molecule has 0 aromatic rings. The SMILES string of the molecule is CCC[C@@H]1CC2=CC(=O)CC[C@@H]2[C@H]2CC[C@@]3(C)C(=CC[C@@H]3O)[C@H]12. The number of ketones is 1. The first-order valence-corrected chi connectivity index (χ1v) is 9.66. The molecular weight excluding hydrogens is 284 g/mol. The molecule has 2 saturated carbocycles. The molecule has 0 aromatic heterocycles. The summed E-state index contributed by atoms with van der Waals surface area (Å²) in [5, 5.41) is 10.5. The lowest BCUT2D eigenvalue weighted by atomic mass is 9.51. The van der Waals surface area contributed by atoms with Gasteiger partial charge in [-0.15, -0.1) is 0 Å². The van der Waals surface area contributed by atoms with E-state index in [1.807, 2.05) is 6.08 Å². The van der Waals surface area contributed by atoms with E-state index >= 15 is 0 Å². The molecule has 126 valence electrons. The number of carbonyl (C=O) groups is 1. The number of aliphatic hydroxyl groups excluding tert-OH is 1. The monoisotopic (exact) mass is 314 g/mol. The molecule has 0 heterocycles. The van der Waals surface area contributed by atoms with Gasteiger partial charge in [0.05, 0.1) is 6.10 Å². The van der Waals surface area contributed by atoms with Gasteiger partial charge in [-0.2, -0.15) is 0 Å². The highest BCUT2D eigenvalue weighted by Crippen LogP contribution is 2.61. The van der Waals surface area contributed by atoms with E-state index in [-0.39, 0.29) is 11.5 Å². The maximum Gasteiger partial charge on any atom is 0.155 e. The van der Waals surface area contributed by atoms with Gasteiger partial charge < -0.3 is 5.11 Å². The zero-order valence-corrected chi connectivity index (χ0v) is 14.6. The molecule has 0 radical (unpaired) electrons. The Bertz CT molecular complexity index is 572. The van der Waals surface area contributed by atoms with Crippen LogP contribution in [0.1, 0.15) is 65.2 Å². The normalized spacial score (nSPS) is 45.7. The van der Waals surface area contributed by atoms with E-state index in [4.69, 9.17) is 0 Å². The second-order valence-corrected chi connectivity index (χ2v) is 8.64. The number of hydrogen-bond acceptors (Lipinski definition) is 2. The van der Waals surface area contributed by atoms with Crippen LogP contribution in [0.2, 0.25) is 0 Å². The van der Waals surface area contributed by atoms with Gasteiger partial charge in [0.1, 0.15) is 0 Å². The van der Waals surface area contributed by atoms with Crippen molar-refractivity contribution in [1.82, 2.24) is 0 Å². The summed E-state index contributed by atoms with van der Waals surface area (Å²) in [5.41, 5.74) is 3.07. The molecule has 0 bridgehead atoms. The smallest absolute Gasteiger partial charge is 0.155 e. The van der Waals surface area contributed by atoms with Gasteiger partial charge >= 0.3 is 0 Å². The van der Waals surface area contributed by atoms with Crippen LogP contribution in [-0.2, 0) is 4.79 Å². The lowest BCUT2D eigenvalue weighted by molar-refractivity contribution is -0.115. The zero-order chi connectivity index (χ0) is 16.2. The fraction of sp³-hybridized carbons (Fsp3) is 0.762. The Morgan fingerprint density at radius 2 is 2.17 bits per heavy atom. The molecule has 0 amide bonds. The van der Waals surface area contributed by atoms with Gasteiger partial charge in [0.2, 0.25) is 0 Å². The van der Waals surface area contributed by atoms with Crippen LogP contribution in [0.3, 0.4) is 0 Å². The molecule has 2 fully saturated rings. The van der Waals surface area contributed by atoms with Gasteiger partial charge in [0, 0.05) is 11.8 Å². The fourth-order valence-corrected chi connectivity index (χ4v) is 6.33. The van der Waals surface area contributed by atoms with Crippen LogP contribution >= 0.6 is 0 Å². The number of aliphatic hydroxyl groups is 1. The molecular formula is C21H30O2. The molecule has 4 aliphatic rings. The van der Waals surface area contributed by atoms with E-state index in [9.17, 15) is 9.90 Å². The molecule has 6 atom stereocenters. The quantitative estimate of drug-likeness (QED) is 0.765. The van der Waals surface area contributed by atoms with Crippen LogP contribution in [0.25, 0.3) is 0 Å². The van der Waals surface area contributed by atoms with Crippen molar-refractivity contribution in [2.45, 2.75) is 71.3 Å². The Kier molecular flexibility index (Phi) is 3.79. The lowest BCUT2D eigenvalue weighted by Gasteiger charge is -2.54. The van der Waals surface area contributed by atoms with Crippen LogP contribution in [0.4, 0.5) is 0 Å². The molecule has 2 heteroatoms. The Morgan fingerprint density at radius 3 is 2.96 bits per heavy atom. The molecule has 4 rings (SSSR count). The first-order chi connectivity index (χ1) is 11.0. The molecule has 0 saturated heterocycles. The number of fused-ring (bicyclic) bond motifs is 5. The lowest BCUT2D eigenvalue weighted by Crippen LogP contribution is -2.47. The second-order valence-electron chi connectivity index (χ2n) is 8.64. The van der Waals surface area contributed by atoms with Gasteiger partial charge in [-0.1, -0.05) is 37.5 Å². The Morgan fingerprint density at radius 1 is 1.35 bits per heavy atom. The summed E-state index contributed by atoms with van der Waals surface area (Å²) >= 11 is 0. The minimum atomic E-state index is -0.175. The molecule has 2 nitrogen and oxygen atoms in total. The largest absolute Gasteiger partial charge is 0.392 e. The van der Waals surface area contributed by atoms with Crippen molar-refractivity contribution >= 4 is 5.78 Å². The van der Waals surface area contributed by atoms with Crippen LogP contribution in [0.5, 0.6) is 0 Å². The Hall–Kier alpha value is -0.890. The van der Waals surface area contributed by atoms with Gasteiger partial charge in [-0.05, 0) is 68.3 Å². The molecule has 4 aliphatic carbocycles. The highest BCUT2D eigenvalue weighted by atomic mass is 16.3. The molecule has 0 unspecified atom stereocenters. The Balaban J connectivity index is 1.72. The number of allylic oxidation sites excluding steroid dienone is 2. The van der Waals surface area contributed by atoms with E-state index in [2.05, 4.69) is 19.9 Å². The highest BCUT2D eigenvalue weighted by Gasteiger charge is 2.54. The summed E-state index contributed by atoms with van der Waals surface area (Å²) in [6.07, 6.45) is 12.8. The number of hydrogen-bond donors (Lipinski definition) is 1. The van der Waals surface area contributed by atoms with Gasteiger partial charge in [0.25, 0.3) is 0 Å². The average molecular weight is 314 g/mol. The predicted octanol–water partition coefficient (Wildman–Crippen LogP) is 4.44. The Labute approximate surface area is 140 Å². The average Bonchev–Trinajstić information content (AvgIpc) is 2.83. The molecule has 23 heavy (non-hydrogen) atoms. The summed E-state index contributed by atoms with van der Waals surface area (Å²) in [6.45, 7) is 4.58. The van der Waals surface area contributed by atoms with E-state index in [1.54, 1.807) is 5.57 Å². The maximum absolute atomic E-state index is 11.9. The summed E-state index contributed by atoms with van der Waals surface area (Å²) in [7, 11) is 0. The van der Waals surface area contributed by atoms with Gasteiger partial charge in [-0.25, -0.2) is 0 Å². The van der Waals surface area contributed by atoms with Crippen LogP contribution < -0.4 is 0 Å². The van der Waals surface area contributed by atoms with Crippen molar-refractivity contribution in [2.75, 3.05) is 0 Å². The van der Waals surface area contributed by atoms with Crippen molar-refractivity contribution in [1.29, 1.82) is 0 Å². The number of carbonyl (C=O) groups excluding carboxylic acids is 1. The standard InChI is InChI=1S/C21H30O2/c1-3-4-13-11-14-12-15(22)5-6-16(14)17-9-10-21(2)18(20(13)17)7-8-19(21)23/h7,12-13,16-17,19-20,23H,3-6,8-11H2,1-2H3/t13-,16+,17-,19+,20-,21+/m1/s1. The number of rotatable bonds is 2. The third-order valence-corrected chi connectivity index (χ3v) is 7.48. The predicted molar refractivity (Wildman–Crippen MR) is 91.9 cm³/mol. The third kappa shape index (κ3) is 2.28. The molecule has 1 N–H and O–H groups in total. The van der Waals surface area contributed by atoms with E-state index in [0.29, 0.717) is 29.5 Å². The molecule has 0 aliphatic heterocycles. The molecule has 0 aromatic carbocycles. The van der Waals surface area contributed by atoms with Crippen LogP contribution in [0, 0.1) is 29.1 Å². The summed E-state index contributed by atoms with van der Waals surface area (Å²) in [6, 6.07) is 0. The minimum absolute atomic E-state index is 0.0266. The van der Waals surface area contributed by atoms with Crippen molar-refractivity contribution < 1.29 is 9.90 Å². The van der Waals surface area contributed by atoms with E-state index in [1.165, 1.54) is 24.8 Å². The first-order valence-electron chi connectivity index (χ1n) is 9.66. The highest BCUT2D eigenvalue weighted by molar-refractivity contribution is 5.91. The maximum atomic E-state index is 11.9. The topological polar surface area (TPSA) is 37.3 Å². The van der Waals surface area contributed by atoms with E-state index in [0.717, 1.165) is 32.1 Å². The van der Waals surface area contributed by atoms with Gasteiger partial charge in [0.15, 0.2) is 5.78 Å². The summed E-state index contributed by atoms with van der Waals surface area (Å²) in [5.74, 6) is 3.02. The first kappa shape index (κ1) is 15.6. The van der Waals surface area contributed by atoms with Crippen LogP contribution in [-0.4, -0.2) is 17.0 Å². The van der Waals surface area contributed by atoms with Gasteiger partial charge in [-0.3, -0.25) is 4.79 Å². The molecule has 0 spiro atoms.